The lowest BCUT2D eigenvalue weighted by molar-refractivity contribution is -0.121. The van der Waals surface area contributed by atoms with Gasteiger partial charge in [-0.3, -0.25) is 14.6 Å². The van der Waals surface area contributed by atoms with Gasteiger partial charge in [0, 0.05) is 37.4 Å². The zero-order valence-electron chi connectivity index (χ0n) is 13.3. The standard InChI is InChI=1S/C18H18N4O2/c1-13(23)21-16-5-2-6-17-15(16)7-9-22(17)12-18(24)20-11-14-4-3-8-19-10-14/h2-10H,11-12H2,1H3,(H,20,24)(H,21,23). The minimum atomic E-state index is -0.121. The molecule has 2 amide bonds. The quantitative estimate of drug-likeness (QED) is 0.757. The SMILES string of the molecule is CC(=O)Nc1cccc2c1ccn2CC(=O)NCc1cccnc1. The summed E-state index contributed by atoms with van der Waals surface area (Å²) in [5.41, 5.74) is 2.60. The molecule has 3 rings (SSSR count). The van der Waals surface area contributed by atoms with Crippen molar-refractivity contribution in [2.24, 2.45) is 0 Å². The van der Waals surface area contributed by atoms with E-state index < -0.39 is 0 Å². The molecule has 3 aromatic rings. The third kappa shape index (κ3) is 3.60. The van der Waals surface area contributed by atoms with Crippen LogP contribution in [0.1, 0.15) is 12.5 Å². The van der Waals surface area contributed by atoms with Crippen molar-refractivity contribution >= 4 is 28.4 Å². The Morgan fingerprint density at radius 1 is 1.17 bits per heavy atom. The molecular formula is C18H18N4O2. The molecule has 0 spiro atoms. The van der Waals surface area contributed by atoms with Crippen LogP contribution in [0.25, 0.3) is 10.9 Å². The van der Waals surface area contributed by atoms with Gasteiger partial charge in [-0.1, -0.05) is 12.1 Å². The van der Waals surface area contributed by atoms with E-state index in [-0.39, 0.29) is 18.4 Å². The van der Waals surface area contributed by atoms with E-state index in [4.69, 9.17) is 0 Å². The van der Waals surface area contributed by atoms with Gasteiger partial charge in [0.05, 0.1) is 11.2 Å². The summed E-state index contributed by atoms with van der Waals surface area (Å²) in [5.74, 6) is -0.203. The van der Waals surface area contributed by atoms with Crippen molar-refractivity contribution in [2.45, 2.75) is 20.0 Å². The van der Waals surface area contributed by atoms with E-state index in [1.165, 1.54) is 6.92 Å². The monoisotopic (exact) mass is 322 g/mol. The zero-order valence-corrected chi connectivity index (χ0v) is 13.3. The Kier molecular flexibility index (Phi) is 4.56. The van der Waals surface area contributed by atoms with Crippen LogP contribution in [0.4, 0.5) is 5.69 Å². The first-order valence-corrected chi connectivity index (χ1v) is 7.64. The normalized spacial score (nSPS) is 10.5. The molecule has 0 atom stereocenters. The fraction of sp³-hybridized carbons (Fsp3) is 0.167. The first kappa shape index (κ1) is 15.7. The molecule has 0 saturated carbocycles. The summed E-state index contributed by atoms with van der Waals surface area (Å²) in [5, 5.41) is 6.59. The minimum absolute atomic E-state index is 0.0821. The number of hydrogen-bond acceptors (Lipinski definition) is 3. The Bertz CT molecular complexity index is 871. The first-order valence-electron chi connectivity index (χ1n) is 7.64. The molecule has 6 nitrogen and oxygen atoms in total. The Morgan fingerprint density at radius 2 is 2.04 bits per heavy atom. The van der Waals surface area contributed by atoms with E-state index in [1.54, 1.807) is 12.4 Å². The summed E-state index contributed by atoms with van der Waals surface area (Å²) in [7, 11) is 0. The van der Waals surface area contributed by atoms with E-state index >= 15 is 0 Å². The molecule has 2 aromatic heterocycles. The number of aromatic nitrogens is 2. The summed E-state index contributed by atoms with van der Waals surface area (Å²) in [6, 6.07) is 11.3. The van der Waals surface area contributed by atoms with Gasteiger partial charge in [0.1, 0.15) is 6.54 Å². The highest BCUT2D eigenvalue weighted by molar-refractivity contribution is 6.01. The number of carbonyl (C=O) groups is 2. The van der Waals surface area contributed by atoms with E-state index in [2.05, 4.69) is 15.6 Å². The van der Waals surface area contributed by atoms with Gasteiger partial charge in [-0.05, 0) is 29.8 Å². The molecule has 1 aromatic carbocycles. The van der Waals surface area contributed by atoms with Gasteiger partial charge in [0.25, 0.3) is 0 Å². The second-order valence-electron chi connectivity index (χ2n) is 5.50. The molecule has 0 aliphatic carbocycles. The molecule has 0 saturated heterocycles. The van der Waals surface area contributed by atoms with Gasteiger partial charge in [0.15, 0.2) is 0 Å². The van der Waals surface area contributed by atoms with Crippen LogP contribution in [0, 0.1) is 0 Å². The van der Waals surface area contributed by atoms with Gasteiger partial charge < -0.3 is 15.2 Å². The van der Waals surface area contributed by atoms with Crippen molar-refractivity contribution in [3.63, 3.8) is 0 Å². The number of amides is 2. The fourth-order valence-corrected chi connectivity index (χ4v) is 2.57. The number of rotatable bonds is 5. The molecule has 0 aliphatic heterocycles. The molecule has 0 bridgehead atoms. The van der Waals surface area contributed by atoms with Gasteiger partial charge in [0.2, 0.25) is 11.8 Å². The summed E-state index contributed by atoms with van der Waals surface area (Å²) in [6.07, 6.45) is 5.27. The highest BCUT2D eigenvalue weighted by Crippen LogP contribution is 2.24. The third-order valence-electron chi connectivity index (χ3n) is 3.65. The maximum Gasteiger partial charge on any atom is 0.240 e. The number of fused-ring (bicyclic) bond motifs is 1. The number of nitrogens with zero attached hydrogens (tertiary/aromatic N) is 2. The smallest absolute Gasteiger partial charge is 0.240 e. The van der Waals surface area contributed by atoms with Gasteiger partial charge in [-0.2, -0.15) is 0 Å². The molecule has 6 heteroatoms. The molecule has 2 heterocycles. The lowest BCUT2D eigenvalue weighted by atomic mass is 10.2. The van der Waals surface area contributed by atoms with Crippen molar-refractivity contribution in [2.75, 3.05) is 5.32 Å². The summed E-state index contributed by atoms with van der Waals surface area (Å²) < 4.78 is 1.86. The first-order chi connectivity index (χ1) is 11.6. The summed E-state index contributed by atoms with van der Waals surface area (Å²) in [6.45, 7) is 2.14. The largest absolute Gasteiger partial charge is 0.350 e. The van der Waals surface area contributed by atoms with Gasteiger partial charge in [-0.15, -0.1) is 0 Å². The Morgan fingerprint density at radius 3 is 2.79 bits per heavy atom. The van der Waals surface area contributed by atoms with E-state index in [0.717, 1.165) is 22.2 Å². The average molecular weight is 322 g/mol. The molecule has 2 N–H and O–H groups in total. The number of pyridine rings is 1. The highest BCUT2D eigenvalue weighted by atomic mass is 16.2. The molecule has 0 fully saturated rings. The number of nitrogens with one attached hydrogen (secondary N) is 2. The van der Waals surface area contributed by atoms with Crippen LogP contribution in [0.15, 0.2) is 55.0 Å². The maximum absolute atomic E-state index is 12.2. The van der Waals surface area contributed by atoms with Crippen molar-refractivity contribution in [1.29, 1.82) is 0 Å². The van der Waals surface area contributed by atoms with Crippen LogP contribution in [0.2, 0.25) is 0 Å². The van der Waals surface area contributed by atoms with Crippen molar-refractivity contribution in [3.8, 4) is 0 Å². The van der Waals surface area contributed by atoms with E-state index in [0.29, 0.717) is 6.54 Å². The molecule has 0 aliphatic rings. The zero-order chi connectivity index (χ0) is 16.9. The van der Waals surface area contributed by atoms with Crippen molar-refractivity contribution in [3.05, 3.63) is 60.6 Å². The summed E-state index contributed by atoms with van der Waals surface area (Å²) in [4.78, 5) is 27.5. The fourth-order valence-electron chi connectivity index (χ4n) is 2.57. The van der Waals surface area contributed by atoms with Crippen LogP contribution >= 0.6 is 0 Å². The maximum atomic E-state index is 12.2. The molecule has 0 radical (unpaired) electrons. The Hall–Kier alpha value is -3.15. The molecule has 24 heavy (non-hydrogen) atoms. The topological polar surface area (TPSA) is 76.0 Å². The number of anilines is 1. The number of carbonyl (C=O) groups excluding carboxylic acids is 2. The minimum Gasteiger partial charge on any atom is -0.350 e. The second kappa shape index (κ2) is 6.95. The lowest BCUT2D eigenvalue weighted by Crippen LogP contribution is -2.26. The average Bonchev–Trinajstić information content (AvgIpc) is 2.98. The van der Waals surface area contributed by atoms with E-state index in [9.17, 15) is 9.59 Å². The van der Waals surface area contributed by atoms with Crippen LogP contribution in [-0.4, -0.2) is 21.4 Å². The van der Waals surface area contributed by atoms with Gasteiger partial charge in [-0.25, -0.2) is 0 Å². The van der Waals surface area contributed by atoms with E-state index in [1.807, 2.05) is 47.2 Å². The molecule has 0 unspecified atom stereocenters. The Labute approximate surface area is 139 Å². The number of benzene rings is 1. The third-order valence-corrected chi connectivity index (χ3v) is 3.65. The lowest BCUT2D eigenvalue weighted by Gasteiger charge is -2.08. The highest BCUT2D eigenvalue weighted by Gasteiger charge is 2.09. The van der Waals surface area contributed by atoms with Crippen LogP contribution < -0.4 is 10.6 Å². The van der Waals surface area contributed by atoms with Crippen molar-refractivity contribution in [1.82, 2.24) is 14.9 Å². The molecule has 122 valence electrons. The van der Waals surface area contributed by atoms with Crippen LogP contribution in [0.3, 0.4) is 0 Å². The molecular weight excluding hydrogens is 304 g/mol. The predicted octanol–water partition coefficient (Wildman–Crippen LogP) is 2.31. The van der Waals surface area contributed by atoms with Crippen LogP contribution in [0.5, 0.6) is 0 Å². The predicted molar refractivity (Wildman–Crippen MR) is 92.3 cm³/mol. The van der Waals surface area contributed by atoms with Crippen LogP contribution in [-0.2, 0) is 22.7 Å². The second-order valence-corrected chi connectivity index (χ2v) is 5.50. The van der Waals surface area contributed by atoms with Gasteiger partial charge >= 0.3 is 0 Å². The summed E-state index contributed by atoms with van der Waals surface area (Å²) >= 11 is 0. The number of hydrogen-bond donors (Lipinski definition) is 2. The van der Waals surface area contributed by atoms with Crippen molar-refractivity contribution < 1.29 is 9.59 Å². The Balaban J connectivity index is 1.71.